The third kappa shape index (κ3) is 7.88. The normalized spacial score (nSPS) is 14.4. The minimum absolute atomic E-state index is 0. The molecule has 142 valence electrons. The molecule has 5 nitrogen and oxygen atoms in total. The highest BCUT2D eigenvalue weighted by Gasteiger charge is 2.28. The monoisotopic (exact) mass is 370 g/mol. The number of halogens is 1. The molecule has 0 heterocycles. The van der Waals surface area contributed by atoms with Gasteiger partial charge >= 0.3 is 5.97 Å². The number of carbonyl (C=O) groups is 2. The summed E-state index contributed by atoms with van der Waals surface area (Å²) in [6.07, 6.45) is 0.318. The number of hydrogen-bond donors (Lipinski definition) is 2. The fraction of sp³-hybridized carbons (Fsp3) is 0.579. The zero-order chi connectivity index (χ0) is 18.3. The zero-order valence-electron chi connectivity index (χ0n) is 15.7. The fourth-order valence-corrected chi connectivity index (χ4v) is 2.43. The van der Waals surface area contributed by atoms with Gasteiger partial charge in [0.15, 0.2) is 0 Å². The van der Waals surface area contributed by atoms with Gasteiger partial charge in [-0.25, -0.2) is 4.79 Å². The number of ether oxygens (including phenoxy) is 1. The Bertz CT molecular complexity index is 535. The minimum Gasteiger partial charge on any atom is -0.461 e. The largest absolute Gasteiger partial charge is 0.461 e. The molecule has 3 atom stereocenters. The number of nitrogens with one attached hydrogen (secondary N) is 1. The van der Waals surface area contributed by atoms with E-state index < -0.39 is 24.0 Å². The fourth-order valence-electron chi connectivity index (χ4n) is 2.43. The predicted molar refractivity (Wildman–Crippen MR) is 102 cm³/mol. The van der Waals surface area contributed by atoms with Gasteiger partial charge in [-0.15, -0.1) is 12.4 Å². The van der Waals surface area contributed by atoms with Crippen molar-refractivity contribution in [1.82, 2.24) is 5.32 Å². The average molecular weight is 371 g/mol. The van der Waals surface area contributed by atoms with E-state index in [1.54, 1.807) is 20.8 Å². The number of nitrogens with two attached hydrogens (primary N) is 1. The molecule has 1 rings (SSSR count). The Labute approximate surface area is 157 Å². The molecule has 0 aliphatic rings. The van der Waals surface area contributed by atoms with E-state index in [-0.39, 0.29) is 30.3 Å². The van der Waals surface area contributed by atoms with Gasteiger partial charge in [-0.3, -0.25) is 4.79 Å². The molecular weight excluding hydrogens is 340 g/mol. The van der Waals surface area contributed by atoms with Gasteiger partial charge in [-0.1, -0.05) is 51.1 Å². The van der Waals surface area contributed by atoms with Crippen molar-refractivity contribution in [3.05, 3.63) is 35.9 Å². The summed E-state index contributed by atoms with van der Waals surface area (Å²) in [7, 11) is 0. The number of hydrogen-bond acceptors (Lipinski definition) is 4. The summed E-state index contributed by atoms with van der Waals surface area (Å²) in [5.41, 5.74) is 7.09. The molecule has 0 saturated heterocycles. The molecule has 1 amide bonds. The van der Waals surface area contributed by atoms with Crippen LogP contribution in [0.2, 0.25) is 0 Å². The van der Waals surface area contributed by atoms with Crippen molar-refractivity contribution in [3.63, 3.8) is 0 Å². The Morgan fingerprint density at radius 2 is 1.64 bits per heavy atom. The van der Waals surface area contributed by atoms with Crippen molar-refractivity contribution >= 4 is 24.3 Å². The average Bonchev–Trinajstić information content (AvgIpc) is 2.52. The van der Waals surface area contributed by atoms with Crippen LogP contribution in [0.25, 0.3) is 0 Å². The third-order valence-electron chi connectivity index (χ3n) is 3.80. The second kappa shape index (κ2) is 11.1. The molecule has 25 heavy (non-hydrogen) atoms. The molecular formula is C19H31ClN2O3. The summed E-state index contributed by atoms with van der Waals surface area (Å²) in [6.45, 7) is 9.36. The maximum absolute atomic E-state index is 12.5. The van der Waals surface area contributed by atoms with E-state index >= 15 is 0 Å². The van der Waals surface area contributed by atoms with Gasteiger partial charge in [-0.2, -0.15) is 0 Å². The van der Waals surface area contributed by atoms with Crippen LogP contribution < -0.4 is 11.1 Å². The van der Waals surface area contributed by atoms with Crippen molar-refractivity contribution in [2.24, 2.45) is 17.6 Å². The second-order valence-electron chi connectivity index (χ2n) is 6.90. The van der Waals surface area contributed by atoms with Crippen molar-refractivity contribution < 1.29 is 14.3 Å². The summed E-state index contributed by atoms with van der Waals surface area (Å²) >= 11 is 0. The van der Waals surface area contributed by atoms with Crippen LogP contribution in [0.5, 0.6) is 0 Å². The quantitative estimate of drug-likeness (QED) is 0.688. The minimum atomic E-state index is -0.648. The topological polar surface area (TPSA) is 81.4 Å². The summed E-state index contributed by atoms with van der Waals surface area (Å²) in [6, 6.07) is 8.40. The van der Waals surface area contributed by atoms with Crippen LogP contribution in [0.4, 0.5) is 0 Å². The molecule has 0 saturated carbocycles. The van der Waals surface area contributed by atoms with E-state index in [0.717, 1.165) is 5.56 Å². The van der Waals surface area contributed by atoms with Gasteiger partial charge in [0.2, 0.25) is 5.91 Å². The Balaban J connectivity index is 0.00000576. The highest BCUT2D eigenvalue weighted by atomic mass is 35.5. The van der Waals surface area contributed by atoms with Gasteiger partial charge in [0.05, 0.1) is 12.0 Å². The number of esters is 1. The van der Waals surface area contributed by atoms with E-state index in [0.29, 0.717) is 6.42 Å². The van der Waals surface area contributed by atoms with Gasteiger partial charge in [0.25, 0.3) is 0 Å². The van der Waals surface area contributed by atoms with E-state index in [9.17, 15) is 9.59 Å². The van der Waals surface area contributed by atoms with Crippen LogP contribution >= 0.6 is 12.4 Å². The first-order chi connectivity index (χ1) is 11.2. The predicted octanol–water partition coefficient (Wildman–Crippen LogP) is 3.23. The van der Waals surface area contributed by atoms with Crippen LogP contribution in [-0.4, -0.2) is 24.0 Å². The molecule has 1 aromatic rings. The second-order valence-corrected chi connectivity index (χ2v) is 6.90. The lowest BCUT2D eigenvalue weighted by atomic mass is 9.94. The molecule has 6 heteroatoms. The Morgan fingerprint density at radius 1 is 1.08 bits per heavy atom. The molecule has 0 aliphatic carbocycles. The maximum Gasteiger partial charge on any atom is 0.328 e. The van der Waals surface area contributed by atoms with Crippen molar-refractivity contribution in [1.29, 1.82) is 0 Å². The van der Waals surface area contributed by atoms with Crippen LogP contribution in [0.1, 0.15) is 52.6 Å². The first kappa shape index (κ1) is 23.4. The first-order valence-corrected chi connectivity index (χ1v) is 8.53. The molecule has 0 spiro atoms. The summed E-state index contributed by atoms with van der Waals surface area (Å²) in [4.78, 5) is 24.8. The van der Waals surface area contributed by atoms with Crippen molar-refractivity contribution in [3.8, 4) is 0 Å². The van der Waals surface area contributed by atoms with Crippen molar-refractivity contribution in [2.45, 2.75) is 59.2 Å². The lowest BCUT2D eigenvalue weighted by molar-refractivity contribution is -0.152. The number of benzene rings is 1. The number of rotatable bonds is 8. The highest BCUT2D eigenvalue weighted by Crippen LogP contribution is 2.20. The van der Waals surface area contributed by atoms with E-state index in [4.69, 9.17) is 10.5 Å². The molecule has 0 radical (unpaired) electrons. The third-order valence-corrected chi connectivity index (χ3v) is 3.80. The van der Waals surface area contributed by atoms with E-state index in [2.05, 4.69) is 5.32 Å². The molecule has 3 N–H and O–H groups in total. The smallest absolute Gasteiger partial charge is 0.328 e. The summed E-state index contributed by atoms with van der Waals surface area (Å²) in [5, 5.41) is 2.81. The highest BCUT2D eigenvalue weighted by molar-refractivity contribution is 5.86. The summed E-state index contributed by atoms with van der Waals surface area (Å²) < 4.78 is 5.25. The molecule has 0 fully saturated rings. The lowest BCUT2D eigenvalue weighted by Gasteiger charge is -2.25. The maximum atomic E-state index is 12.5. The Hall–Kier alpha value is -1.59. The summed E-state index contributed by atoms with van der Waals surface area (Å²) in [5.74, 6) is -0.827. The van der Waals surface area contributed by atoms with Crippen LogP contribution in [0.3, 0.4) is 0 Å². The molecule has 2 unspecified atom stereocenters. The molecule has 0 bridgehead atoms. The van der Waals surface area contributed by atoms with E-state index in [1.165, 1.54) is 0 Å². The Kier molecular flexibility index (Phi) is 10.4. The molecule has 0 aromatic heterocycles. The molecule has 1 aromatic carbocycles. The zero-order valence-corrected chi connectivity index (χ0v) is 16.5. The van der Waals surface area contributed by atoms with Gasteiger partial charge < -0.3 is 15.8 Å². The number of amides is 1. The Morgan fingerprint density at radius 3 is 2.12 bits per heavy atom. The van der Waals surface area contributed by atoms with Crippen LogP contribution in [0, 0.1) is 11.8 Å². The molecule has 0 aliphatic heterocycles. The van der Waals surface area contributed by atoms with Gasteiger partial charge in [0, 0.05) is 6.04 Å². The standard InChI is InChI=1S/C19H30N2O3.ClH/c1-12(2)11-16(19(23)24-13(3)4)21-18(22)14(5)17(20)15-9-7-6-8-10-15;/h6-10,12-14,16-17H,11,20H2,1-5H3,(H,21,22);1H/t14?,16-,17?;/m0./s1. The van der Waals surface area contributed by atoms with Crippen molar-refractivity contribution in [2.75, 3.05) is 0 Å². The lowest BCUT2D eigenvalue weighted by Crippen LogP contribution is -2.47. The van der Waals surface area contributed by atoms with Gasteiger partial charge in [-0.05, 0) is 31.7 Å². The number of carbonyl (C=O) groups excluding carboxylic acids is 2. The first-order valence-electron chi connectivity index (χ1n) is 8.53. The van der Waals surface area contributed by atoms with Gasteiger partial charge in [0.1, 0.15) is 6.04 Å². The van der Waals surface area contributed by atoms with E-state index in [1.807, 2.05) is 44.2 Å². The van der Waals surface area contributed by atoms with Crippen LogP contribution in [-0.2, 0) is 14.3 Å². The van der Waals surface area contributed by atoms with Crippen LogP contribution in [0.15, 0.2) is 30.3 Å². The SMILES string of the molecule is CC(C)C[C@H](NC(=O)C(C)C(N)c1ccccc1)C(=O)OC(C)C.Cl.